The van der Waals surface area contributed by atoms with Crippen LogP contribution in [0.2, 0.25) is 0 Å². The van der Waals surface area contributed by atoms with Crippen LogP contribution in [0.25, 0.3) is 0 Å². The first-order valence-electron chi connectivity index (χ1n) is 9.76. The van der Waals surface area contributed by atoms with Gasteiger partial charge in [-0.1, -0.05) is 12.1 Å². The minimum atomic E-state index is -8.32. The van der Waals surface area contributed by atoms with Crippen LogP contribution in [0.4, 0.5) is 65.9 Å². The third kappa shape index (κ3) is 5.70. The van der Waals surface area contributed by atoms with E-state index in [4.69, 9.17) is 4.74 Å². The van der Waals surface area contributed by atoms with Crippen LogP contribution in [-0.2, 0) is 4.74 Å². The van der Waals surface area contributed by atoms with E-state index in [2.05, 4.69) is 4.74 Å². The normalized spacial score (nSPS) is 16.1. The van der Waals surface area contributed by atoms with E-state index >= 15 is 0 Å². The van der Waals surface area contributed by atoms with E-state index in [9.17, 15) is 65.9 Å². The van der Waals surface area contributed by atoms with Crippen molar-refractivity contribution < 1.29 is 75.3 Å². The summed E-state index contributed by atoms with van der Waals surface area (Å²) >= 11 is 0. The lowest BCUT2D eigenvalue weighted by Gasteiger charge is -2.42. The summed E-state index contributed by atoms with van der Waals surface area (Å²) in [5.74, 6) is -46.6. The van der Waals surface area contributed by atoms with Gasteiger partial charge in [-0.3, -0.25) is 0 Å². The lowest BCUT2D eigenvalue weighted by atomic mass is 9.88. The summed E-state index contributed by atoms with van der Waals surface area (Å²) in [6.07, 6.45) is -12.5. The number of halogens is 15. The highest BCUT2D eigenvalue weighted by Gasteiger charge is 2.93. The highest BCUT2D eigenvalue weighted by Crippen LogP contribution is 2.63. The van der Waals surface area contributed by atoms with Crippen LogP contribution in [0.15, 0.2) is 24.3 Å². The molecule has 37 heavy (non-hydrogen) atoms. The van der Waals surface area contributed by atoms with Gasteiger partial charge in [0.1, 0.15) is 11.4 Å². The molecule has 0 aliphatic rings. The summed E-state index contributed by atoms with van der Waals surface area (Å²) < 4.78 is 210. The Bertz CT molecular complexity index is 915. The van der Waals surface area contributed by atoms with Gasteiger partial charge in [0.25, 0.3) is 0 Å². The van der Waals surface area contributed by atoms with E-state index in [1.54, 1.807) is 20.8 Å². The molecule has 0 aliphatic carbocycles. The molecule has 0 aromatic heterocycles. The van der Waals surface area contributed by atoms with Gasteiger partial charge < -0.3 is 9.47 Å². The number of ether oxygens (including phenoxy) is 2. The van der Waals surface area contributed by atoms with Crippen LogP contribution in [0.3, 0.4) is 0 Å². The second-order valence-corrected chi connectivity index (χ2v) is 8.79. The van der Waals surface area contributed by atoms with Crippen molar-refractivity contribution in [3.8, 4) is 5.75 Å². The average Bonchev–Trinajstić information content (AvgIpc) is 2.70. The third-order valence-electron chi connectivity index (χ3n) is 4.79. The minimum absolute atomic E-state index is 0.0993. The molecule has 0 amide bonds. The molecule has 0 aliphatic heterocycles. The van der Waals surface area contributed by atoms with Crippen LogP contribution < -0.4 is 4.74 Å². The molecule has 1 unspecified atom stereocenters. The van der Waals surface area contributed by atoms with Gasteiger partial charge in [-0.15, -0.1) is 0 Å². The Hall–Kier alpha value is -2.07. The van der Waals surface area contributed by atoms with Gasteiger partial charge in [0.2, 0.25) is 0 Å². The van der Waals surface area contributed by atoms with Gasteiger partial charge in [0.05, 0.1) is 6.10 Å². The smallest absolute Gasteiger partial charge is 0.460 e. The molecular formula is C20H19F15O2. The molecule has 216 valence electrons. The third-order valence-corrected chi connectivity index (χ3v) is 4.79. The Morgan fingerprint density at radius 1 is 0.595 bits per heavy atom. The molecule has 0 radical (unpaired) electrons. The van der Waals surface area contributed by atoms with E-state index in [0.717, 1.165) is 24.3 Å². The molecule has 0 bridgehead atoms. The molecule has 2 nitrogen and oxygen atoms in total. The fourth-order valence-electron chi connectivity index (χ4n) is 2.80. The first-order valence-corrected chi connectivity index (χ1v) is 9.76. The average molecular weight is 576 g/mol. The summed E-state index contributed by atoms with van der Waals surface area (Å²) in [4.78, 5) is 0. The molecule has 0 N–H and O–H groups in total. The molecule has 1 aromatic rings. The summed E-state index contributed by atoms with van der Waals surface area (Å²) in [6, 6.07) is 4.00. The van der Waals surface area contributed by atoms with Crippen molar-refractivity contribution in [2.45, 2.75) is 80.6 Å². The Morgan fingerprint density at radius 2 is 0.973 bits per heavy atom. The number of methoxy groups -OCH3 is 1. The number of alkyl halides is 15. The van der Waals surface area contributed by atoms with Crippen molar-refractivity contribution in [2.24, 2.45) is 0 Å². The Kier molecular flexibility index (Phi) is 8.55. The maximum atomic E-state index is 14.2. The van der Waals surface area contributed by atoms with Crippen LogP contribution in [-0.4, -0.2) is 54.4 Å². The highest BCUT2D eigenvalue weighted by molar-refractivity contribution is 5.29. The molecule has 0 spiro atoms. The summed E-state index contributed by atoms with van der Waals surface area (Å²) in [5, 5.41) is 0. The number of rotatable bonds is 10. The van der Waals surface area contributed by atoms with Crippen molar-refractivity contribution in [1.29, 1.82) is 0 Å². The quantitative estimate of drug-likeness (QED) is 0.261. The van der Waals surface area contributed by atoms with Gasteiger partial charge in [-0.05, 0) is 38.5 Å². The van der Waals surface area contributed by atoms with Gasteiger partial charge >= 0.3 is 41.7 Å². The first-order chi connectivity index (χ1) is 16.1. The van der Waals surface area contributed by atoms with Crippen LogP contribution in [0, 0.1) is 0 Å². The molecule has 1 atom stereocenters. The lowest BCUT2D eigenvalue weighted by molar-refractivity contribution is -0.453. The van der Waals surface area contributed by atoms with Gasteiger partial charge in [-0.25, -0.2) is 0 Å². The fourth-order valence-corrected chi connectivity index (χ4v) is 2.80. The van der Waals surface area contributed by atoms with E-state index in [0.29, 0.717) is 7.11 Å². The van der Waals surface area contributed by atoms with E-state index in [1.807, 2.05) is 0 Å². The SMILES string of the molecule is COC(CC(F)(F)C(F)(F)C(F)(F)C(F)(F)C(F)(F)C(F)(F)C(F)(F)F)c1ccc(OC(C)(C)C)cc1. The zero-order valence-electron chi connectivity index (χ0n) is 19.1. The monoisotopic (exact) mass is 576 g/mol. The fraction of sp³-hybridized carbons (Fsp3) is 0.700. The first kappa shape index (κ1) is 33.0. The van der Waals surface area contributed by atoms with Gasteiger partial charge in [0.15, 0.2) is 0 Å². The van der Waals surface area contributed by atoms with E-state index in [-0.39, 0.29) is 5.75 Å². The second kappa shape index (κ2) is 9.59. The van der Waals surface area contributed by atoms with Crippen molar-refractivity contribution >= 4 is 0 Å². The standard InChI is InChI=1S/C20H19F15O2/c1-13(2,3)37-11-7-5-10(6-8-11)12(36-4)9-14(21,22)15(23,24)16(25,26)17(27,28)18(29,30)19(31,32)20(33,34)35/h5-8,12H,9H2,1-4H3. The molecule has 1 rings (SSSR count). The molecule has 0 heterocycles. The maximum absolute atomic E-state index is 14.2. The molecule has 0 fully saturated rings. The summed E-state index contributed by atoms with van der Waals surface area (Å²) in [7, 11) is 0.587. The largest absolute Gasteiger partial charge is 0.488 e. The topological polar surface area (TPSA) is 18.5 Å². The van der Waals surface area contributed by atoms with Crippen molar-refractivity contribution in [2.75, 3.05) is 7.11 Å². The van der Waals surface area contributed by atoms with Crippen molar-refractivity contribution in [3.05, 3.63) is 29.8 Å². The predicted molar refractivity (Wildman–Crippen MR) is 96.9 cm³/mol. The molecule has 17 heteroatoms. The highest BCUT2D eigenvalue weighted by atomic mass is 19.4. The minimum Gasteiger partial charge on any atom is -0.488 e. The zero-order chi connectivity index (χ0) is 29.7. The van der Waals surface area contributed by atoms with Gasteiger partial charge in [0, 0.05) is 13.5 Å². The molecular weight excluding hydrogens is 557 g/mol. The molecule has 0 saturated heterocycles. The maximum Gasteiger partial charge on any atom is 0.460 e. The second-order valence-electron chi connectivity index (χ2n) is 8.79. The van der Waals surface area contributed by atoms with Gasteiger partial charge in [-0.2, -0.15) is 65.9 Å². The predicted octanol–water partition coefficient (Wildman–Crippen LogP) is 8.32. The Labute approximate surface area is 199 Å². The van der Waals surface area contributed by atoms with E-state index < -0.39 is 65.4 Å². The zero-order valence-corrected chi connectivity index (χ0v) is 19.1. The summed E-state index contributed by atoms with van der Waals surface area (Å²) in [5.41, 5.74) is -1.22. The van der Waals surface area contributed by atoms with Crippen LogP contribution in [0.5, 0.6) is 5.75 Å². The summed E-state index contributed by atoms with van der Waals surface area (Å²) in [6.45, 7) is 4.81. The Morgan fingerprint density at radius 3 is 1.32 bits per heavy atom. The van der Waals surface area contributed by atoms with Crippen LogP contribution in [0.1, 0.15) is 38.9 Å². The van der Waals surface area contributed by atoms with E-state index in [1.165, 1.54) is 0 Å². The number of hydrogen-bond donors (Lipinski definition) is 0. The Balaban J connectivity index is 3.42. The number of hydrogen-bond acceptors (Lipinski definition) is 2. The number of benzene rings is 1. The molecule has 1 aromatic carbocycles. The van der Waals surface area contributed by atoms with Crippen molar-refractivity contribution in [3.63, 3.8) is 0 Å². The lowest BCUT2D eigenvalue weighted by Crippen LogP contribution is -2.72. The van der Waals surface area contributed by atoms with Crippen molar-refractivity contribution in [1.82, 2.24) is 0 Å². The van der Waals surface area contributed by atoms with Crippen LogP contribution >= 0.6 is 0 Å². The molecule has 0 saturated carbocycles.